The van der Waals surface area contributed by atoms with Crippen LogP contribution in [0.5, 0.6) is 5.75 Å². The fourth-order valence-corrected chi connectivity index (χ4v) is 1.96. The summed E-state index contributed by atoms with van der Waals surface area (Å²) in [5, 5.41) is 10.1. The summed E-state index contributed by atoms with van der Waals surface area (Å²) in [6, 6.07) is 15.0. The van der Waals surface area contributed by atoms with Crippen molar-refractivity contribution in [1.82, 2.24) is 0 Å². The Morgan fingerprint density at radius 2 is 1.89 bits per heavy atom. The fraction of sp³-hybridized carbons (Fsp3) is 0.200. The van der Waals surface area contributed by atoms with Crippen LogP contribution in [0.4, 0.5) is 0 Å². The Morgan fingerprint density at radius 1 is 1.16 bits per heavy atom. The minimum atomic E-state index is -0.694. The van der Waals surface area contributed by atoms with Crippen LogP contribution in [0.3, 0.4) is 0 Å². The minimum Gasteiger partial charge on any atom is -0.487 e. The SMILES string of the molecule is NCC(O)c1ccc(OCc2ccccc2)c(Cl)c1. The molecule has 2 rings (SSSR count). The van der Waals surface area contributed by atoms with Crippen molar-refractivity contribution >= 4 is 11.6 Å². The molecule has 1 unspecified atom stereocenters. The van der Waals surface area contributed by atoms with Crippen LogP contribution in [0, 0.1) is 0 Å². The molecule has 0 bridgehead atoms. The minimum absolute atomic E-state index is 0.167. The molecule has 0 aliphatic heterocycles. The highest BCUT2D eigenvalue weighted by Gasteiger charge is 2.09. The lowest BCUT2D eigenvalue weighted by molar-refractivity contribution is 0.186. The van der Waals surface area contributed by atoms with Gasteiger partial charge in [-0.2, -0.15) is 0 Å². The summed E-state index contributed by atoms with van der Waals surface area (Å²) in [6.45, 7) is 0.625. The molecule has 2 aromatic rings. The molecule has 3 N–H and O–H groups in total. The van der Waals surface area contributed by atoms with Crippen molar-refractivity contribution in [3.05, 3.63) is 64.7 Å². The highest BCUT2D eigenvalue weighted by Crippen LogP contribution is 2.28. The summed E-state index contributed by atoms with van der Waals surface area (Å²) in [5.41, 5.74) is 7.17. The van der Waals surface area contributed by atoms with E-state index in [0.29, 0.717) is 22.9 Å². The maximum Gasteiger partial charge on any atom is 0.138 e. The molecule has 0 heterocycles. The molecule has 0 radical (unpaired) electrons. The Balaban J connectivity index is 2.05. The van der Waals surface area contributed by atoms with Crippen LogP contribution < -0.4 is 10.5 Å². The number of hydrogen-bond donors (Lipinski definition) is 2. The summed E-state index contributed by atoms with van der Waals surface area (Å²) in [4.78, 5) is 0. The maximum atomic E-state index is 9.63. The van der Waals surface area contributed by atoms with E-state index in [9.17, 15) is 5.11 Å². The fourth-order valence-electron chi connectivity index (χ4n) is 1.71. The summed E-state index contributed by atoms with van der Waals surface area (Å²) in [6.07, 6.45) is -0.694. The van der Waals surface area contributed by atoms with E-state index in [4.69, 9.17) is 22.1 Å². The van der Waals surface area contributed by atoms with Crippen molar-refractivity contribution in [3.8, 4) is 5.75 Å². The van der Waals surface area contributed by atoms with Gasteiger partial charge in [0.25, 0.3) is 0 Å². The van der Waals surface area contributed by atoms with E-state index < -0.39 is 6.10 Å². The van der Waals surface area contributed by atoms with Crippen LogP contribution in [0.1, 0.15) is 17.2 Å². The average molecular weight is 278 g/mol. The van der Waals surface area contributed by atoms with Gasteiger partial charge in [0.1, 0.15) is 12.4 Å². The van der Waals surface area contributed by atoms with Gasteiger partial charge < -0.3 is 15.6 Å². The Labute approximate surface area is 117 Å². The summed E-state index contributed by atoms with van der Waals surface area (Å²) < 4.78 is 5.65. The van der Waals surface area contributed by atoms with E-state index in [1.807, 2.05) is 30.3 Å². The van der Waals surface area contributed by atoms with Crippen LogP contribution in [0.15, 0.2) is 48.5 Å². The molecule has 0 spiro atoms. The molecule has 19 heavy (non-hydrogen) atoms. The monoisotopic (exact) mass is 277 g/mol. The lowest BCUT2D eigenvalue weighted by atomic mass is 10.1. The smallest absolute Gasteiger partial charge is 0.138 e. The third-order valence-corrected chi connectivity index (χ3v) is 3.10. The highest BCUT2D eigenvalue weighted by molar-refractivity contribution is 6.32. The van der Waals surface area contributed by atoms with Crippen molar-refractivity contribution < 1.29 is 9.84 Å². The maximum absolute atomic E-state index is 9.63. The first-order valence-corrected chi connectivity index (χ1v) is 6.43. The zero-order valence-electron chi connectivity index (χ0n) is 10.4. The molecule has 2 aromatic carbocycles. The number of rotatable bonds is 5. The van der Waals surface area contributed by atoms with Crippen LogP contribution in [0.25, 0.3) is 0 Å². The van der Waals surface area contributed by atoms with E-state index in [-0.39, 0.29) is 6.54 Å². The van der Waals surface area contributed by atoms with Gasteiger partial charge in [-0.15, -0.1) is 0 Å². The van der Waals surface area contributed by atoms with E-state index in [0.717, 1.165) is 5.56 Å². The predicted octanol–water partition coefficient (Wildman–Crippen LogP) is 2.91. The van der Waals surface area contributed by atoms with Crippen LogP contribution in [0.2, 0.25) is 5.02 Å². The van der Waals surface area contributed by atoms with Gasteiger partial charge in [0.2, 0.25) is 0 Å². The van der Waals surface area contributed by atoms with Gasteiger partial charge in [-0.05, 0) is 23.3 Å². The van der Waals surface area contributed by atoms with Gasteiger partial charge >= 0.3 is 0 Å². The first-order chi connectivity index (χ1) is 9.20. The standard InChI is InChI=1S/C15H16ClNO2/c16-13-8-12(14(18)9-17)6-7-15(13)19-10-11-4-2-1-3-5-11/h1-8,14,18H,9-10,17H2. The van der Waals surface area contributed by atoms with E-state index >= 15 is 0 Å². The third-order valence-electron chi connectivity index (χ3n) is 2.80. The molecule has 3 nitrogen and oxygen atoms in total. The highest BCUT2D eigenvalue weighted by atomic mass is 35.5. The van der Waals surface area contributed by atoms with Crippen molar-refractivity contribution in [2.24, 2.45) is 5.73 Å². The number of hydrogen-bond acceptors (Lipinski definition) is 3. The quantitative estimate of drug-likeness (QED) is 0.883. The zero-order chi connectivity index (χ0) is 13.7. The molecule has 1 atom stereocenters. The van der Waals surface area contributed by atoms with Gasteiger partial charge in [0.05, 0.1) is 11.1 Å². The molecule has 100 valence electrons. The first kappa shape index (κ1) is 13.9. The molecule has 0 aliphatic carbocycles. The van der Waals surface area contributed by atoms with Crippen LogP contribution >= 0.6 is 11.6 Å². The molecule has 0 fully saturated rings. The van der Waals surface area contributed by atoms with E-state index in [2.05, 4.69) is 0 Å². The Bertz CT molecular complexity index is 531. The predicted molar refractivity (Wildman–Crippen MR) is 76.2 cm³/mol. The van der Waals surface area contributed by atoms with Crippen LogP contribution in [-0.4, -0.2) is 11.7 Å². The molecular weight excluding hydrogens is 262 g/mol. The van der Waals surface area contributed by atoms with E-state index in [1.54, 1.807) is 18.2 Å². The Morgan fingerprint density at radius 3 is 2.53 bits per heavy atom. The van der Waals surface area contributed by atoms with E-state index in [1.165, 1.54) is 0 Å². The largest absolute Gasteiger partial charge is 0.487 e. The Kier molecular flexibility index (Phi) is 4.80. The number of aliphatic hydroxyl groups excluding tert-OH is 1. The summed E-state index contributed by atoms with van der Waals surface area (Å²) in [5.74, 6) is 0.596. The van der Waals surface area contributed by atoms with Crippen molar-refractivity contribution in [2.75, 3.05) is 6.54 Å². The average Bonchev–Trinajstić information content (AvgIpc) is 2.46. The number of halogens is 1. The molecule has 4 heteroatoms. The molecule has 0 saturated heterocycles. The second-order valence-corrected chi connectivity index (χ2v) is 4.62. The number of aliphatic hydroxyl groups is 1. The molecule has 0 amide bonds. The zero-order valence-corrected chi connectivity index (χ0v) is 11.2. The Hall–Kier alpha value is -1.55. The van der Waals surface area contributed by atoms with Crippen molar-refractivity contribution in [3.63, 3.8) is 0 Å². The first-order valence-electron chi connectivity index (χ1n) is 6.05. The topological polar surface area (TPSA) is 55.5 Å². The normalized spacial score (nSPS) is 12.2. The second kappa shape index (κ2) is 6.57. The van der Waals surface area contributed by atoms with Gasteiger partial charge in [-0.3, -0.25) is 0 Å². The van der Waals surface area contributed by atoms with Crippen LogP contribution in [-0.2, 0) is 6.61 Å². The number of ether oxygens (including phenoxy) is 1. The third kappa shape index (κ3) is 3.70. The molecular formula is C15H16ClNO2. The molecule has 0 saturated carbocycles. The summed E-state index contributed by atoms with van der Waals surface area (Å²) in [7, 11) is 0. The van der Waals surface area contributed by atoms with Gasteiger partial charge in [-0.1, -0.05) is 48.0 Å². The van der Waals surface area contributed by atoms with Crippen molar-refractivity contribution in [1.29, 1.82) is 0 Å². The lowest BCUT2D eigenvalue weighted by Gasteiger charge is -2.12. The molecule has 0 aliphatic rings. The second-order valence-electron chi connectivity index (χ2n) is 4.22. The number of nitrogens with two attached hydrogens (primary N) is 1. The number of benzene rings is 2. The van der Waals surface area contributed by atoms with Gasteiger partial charge in [0.15, 0.2) is 0 Å². The van der Waals surface area contributed by atoms with Gasteiger partial charge in [-0.25, -0.2) is 0 Å². The lowest BCUT2D eigenvalue weighted by Crippen LogP contribution is -2.11. The van der Waals surface area contributed by atoms with Crippen molar-refractivity contribution in [2.45, 2.75) is 12.7 Å². The van der Waals surface area contributed by atoms with Gasteiger partial charge in [0, 0.05) is 6.54 Å². The summed E-state index contributed by atoms with van der Waals surface area (Å²) >= 11 is 6.12. The molecule has 0 aromatic heterocycles.